The first-order valence-electron chi connectivity index (χ1n) is 19.0. The van der Waals surface area contributed by atoms with E-state index in [1.54, 1.807) is 0 Å². The first-order valence-corrected chi connectivity index (χ1v) is 19.0. The molecule has 0 atom stereocenters. The summed E-state index contributed by atoms with van der Waals surface area (Å²) in [6.07, 6.45) is 0. The van der Waals surface area contributed by atoms with Crippen molar-refractivity contribution in [3.8, 4) is 56.0 Å². The number of aromatic nitrogens is 1. The summed E-state index contributed by atoms with van der Waals surface area (Å²) < 4.78 is 6.36. The summed E-state index contributed by atoms with van der Waals surface area (Å²) in [6, 6.07) is 77.1. The summed E-state index contributed by atoms with van der Waals surface area (Å²) >= 11 is 0. The van der Waals surface area contributed by atoms with Crippen molar-refractivity contribution in [1.29, 1.82) is 0 Å². The monoisotopic (exact) mass is 716 g/mol. The lowest BCUT2D eigenvalue weighted by atomic mass is 9.95. The van der Waals surface area contributed by atoms with E-state index in [0.29, 0.717) is 5.89 Å². The Balaban J connectivity index is 1.00. The summed E-state index contributed by atoms with van der Waals surface area (Å²) in [5.74, 6) is 0.632. The highest BCUT2D eigenvalue weighted by Crippen LogP contribution is 2.42. The lowest BCUT2D eigenvalue weighted by molar-refractivity contribution is 0.623. The van der Waals surface area contributed by atoms with E-state index in [4.69, 9.17) is 9.40 Å². The minimum atomic E-state index is 0.632. The zero-order valence-electron chi connectivity index (χ0n) is 30.6. The molecule has 0 amide bonds. The van der Waals surface area contributed by atoms with Gasteiger partial charge in [0.05, 0.1) is 5.69 Å². The van der Waals surface area contributed by atoms with Crippen LogP contribution in [0.2, 0.25) is 0 Å². The lowest BCUT2D eigenvalue weighted by Gasteiger charge is -2.28. The molecule has 3 heteroatoms. The molecule has 1 aromatic heterocycles. The summed E-state index contributed by atoms with van der Waals surface area (Å²) in [5.41, 5.74) is 15.3. The zero-order valence-corrected chi connectivity index (χ0v) is 30.6. The van der Waals surface area contributed by atoms with Crippen molar-refractivity contribution >= 4 is 38.9 Å². The van der Waals surface area contributed by atoms with Gasteiger partial charge in [0.15, 0.2) is 5.58 Å². The smallest absolute Gasteiger partial charge is 0.227 e. The normalized spacial score (nSPS) is 11.2. The quantitative estimate of drug-likeness (QED) is 0.157. The minimum absolute atomic E-state index is 0.632. The number of hydrogen-bond donors (Lipinski definition) is 0. The van der Waals surface area contributed by atoms with E-state index in [0.717, 1.165) is 66.8 Å². The van der Waals surface area contributed by atoms with Gasteiger partial charge in [-0.25, -0.2) is 4.98 Å². The molecule has 0 aliphatic rings. The predicted octanol–water partition coefficient (Wildman–Crippen LogP) is 14.8. The highest BCUT2D eigenvalue weighted by molar-refractivity contribution is 6.11. The van der Waals surface area contributed by atoms with E-state index < -0.39 is 0 Å². The van der Waals surface area contributed by atoms with Gasteiger partial charge in [-0.2, -0.15) is 0 Å². The van der Waals surface area contributed by atoms with Crippen LogP contribution in [0.5, 0.6) is 0 Å². The van der Waals surface area contributed by atoms with E-state index >= 15 is 0 Å². The van der Waals surface area contributed by atoms with Gasteiger partial charge in [-0.1, -0.05) is 170 Å². The Bertz CT molecular complexity index is 2920. The van der Waals surface area contributed by atoms with E-state index in [9.17, 15) is 0 Å². The van der Waals surface area contributed by atoms with Gasteiger partial charge in [0.1, 0.15) is 5.52 Å². The third-order valence-corrected chi connectivity index (χ3v) is 10.5. The third-order valence-electron chi connectivity index (χ3n) is 10.5. The molecule has 3 nitrogen and oxygen atoms in total. The Morgan fingerprint density at radius 3 is 1.38 bits per heavy atom. The summed E-state index contributed by atoms with van der Waals surface area (Å²) in [4.78, 5) is 7.28. The van der Waals surface area contributed by atoms with Gasteiger partial charge in [-0.15, -0.1) is 0 Å². The van der Waals surface area contributed by atoms with Crippen LogP contribution < -0.4 is 4.90 Å². The molecule has 10 rings (SSSR count). The van der Waals surface area contributed by atoms with Crippen LogP contribution in [0.3, 0.4) is 0 Å². The molecule has 0 aliphatic heterocycles. The van der Waals surface area contributed by atoms with Crippen molar-refractivity contribution in [1.82, 2.24) is 4.98 Å². The molecule has 9 aromatic carbocycles. The maximum atomic E-state index is 6.36. The van der Waals surface area contributed by atoms with Gasteiger partial charge in [0.2, 0.25) is 5.89 Å². The Labute approximate surface area is 326 Å². The Morgan fingerprint density at radius 2 is 0.768 bits per heavy atom. The molecule has 0 spiro atoms. The summed E-state index contributed by atoms with van der Waals surface area (Å²) in [5, 5.41) is 2.20. The lowest BCUT2D eigenvalue weighted by Crippen LogP contribution is -2.11. The Hall–Kier alpha value is -7.49. The number of para-hydroxylation sites is 1. The fourth-order valence-electron chi connectivity index (χ4n) is 7.73. The third kappa shape index (κ3) is 6.21. The van der Waals surface area contributed by atoms with Crippen molar-refractivity contribution in [2.24, 2.45) is 0 Å². The van der Waals surface area contributed by atoms with E-state index in [2.05, 4.69) is 193 Å². The Kier molecular flexibility index (Phi) is 8.51. The second-order valence-electron chi connectivity index (χ2n) is 14.0. The number of anilines is 3. The molecule has 56 heavy (non-hydrogen) atoms. The van der Waals surface area contributed by atoms with Crippen LogP contribution in [-0.4, -0.2) is 4.98 Å². The molecular formula is C53H36N2O. The fourth-order valence-corrected chi connectivity index (χ4v) is 7.73. The van der Waals surface area contributed by atoms with Gasteiger partial charge < -0.3 is 9.32 Å². The van der Waals surface area contributed by atoms with Gasteiger partial charge in [0, 0.05) is 27.9 Å². The van der Waals surface area contributed by atoms with Crippen LogP contribution in [0.4, 0.5) is 17.1 Å². The fraction of sp³-hybridized carbons (Fsp3) is 0. The molecule has 0 N–H and O–H groups in total. The first-order chi connectivity index (χ1) is 27.8. The molecule has 0 fully saturated rings. The van der Waals surface area contributed by atoms with Crippen molar-refractivity contribution in [3.05, 3.63) is 218 Å². The van der Waals surface area contributed by atoms with Crippen LogP contribution in [0, 0.1) is 0 Å². The topological polar surface area (TPSA) is 29.3 Å². The van der Waals surface area contributed by atoms with Crippen molar-refractivity contribution in [2.75, 3.05) is 4.90 Å². The second-order valence-corrected chi connectivity index (χ2v) is 14.0. The molecule has 0 radical (unpaired) electrons. The average Bonchev–Trinajstić information content (AvgIpc) is 3.73. The standard InChI is InChI=1S/C53H36N2O/c1-4-14-37(15-5-1)39-28-32-44(33-29-39)55(51-23-13-12-20-46(51)41-16-6-2-7-17-41)45-34-30-40(31-35-45)38-24-26-42(27-25-38)49-36-50-52(48-22-11-10-21-47(48)49)56-53(54-50)43-18-8-3-9-19-43/h1-36H. The van der Waals surface area contributed by atoms with Gasteiger partial charge >= 0.3 is 0 Å². The molecule has 0 aliphatic carbocycles. The highest BCUT2D eigenvalue weighted by Gasteiger charge is 2.18. The SMILES string of the molecule is c1ccc(-c2ccc(N(c3ccc(-c4ccc(-c5cc6nc(-c7ccccc7)oc6c6ccccc56)cc4)cc3)c3ccccc3-c3ccccc3)cc2)cc1. The van der Waals surface area contributed by atoms with Crippen LogP contribution in [0.25, 0.3) is 77.8 Å². The van der Waals surface area contributed by atoms with Crippen LogP contribution in [0.15, 0.2) is 223 Å². The first kappa shape index (κ1) is 33.1. The summed E-state index contributed by atoms with van der Waals surface area (Å²) in [6.45, 7) is 0. The number of hydrogen-bond acceptors (Lipinski definition) is 3. The van der Waals surface area contributed by atoms with Crippen LogP contribution in [-0.2, 0) is 0 Å². The van der Waals surface area contributed by atoms with Gasteiger partial charge in [0.25, 0.3) is 0 Å². The summed E-state index contributed by atoms with van der Waals surface area (Å²) in [7, 11) is 0. The number of rotatable bonds is 8. The van der Waals surface area contributed by atoms with Crippen LogP contribution >= 0.6 is 0 Å². The number of nitrogens with zero attached hydrogens (tertiary/aromatic N) is 2. The van der Waals surface area contributed by atoms with Crippen molar-refractivity contribution < 1.29 is 4.42 Å². The van der Waals surface area contributed by atoms with Crippen LogP contribution in [0.1, 0.15) is 0 Å². The minimum Gasteiger partial charge on any atom is -0.435 e. The molecule has 0 unspecified atom stereocenters. The largest absolute Gasteiger partial charge is 0.435 e. The molecule has 10 aromatic rings. The van der Waals surface area contributed by atoms with E-state index in [1.807, 2.05) is 30.3 Å². The number of fused-ring (bicyclic) bond motifs is 3. The maximum absolute atomic E-state index is 6.36. The van der Waals surface area contributed by atoms with Crippen molar-refractivity contribution in [2.45, 2.75) is 0 Å². The molecule has 0 bridgehead atoms. The highest BCUT2D eigenvalue weighted by atomic mass is 16.3. The maximum Gasteiger partial charge on any atom is 0.227 e. The second kappa shape index (κ2) is 14.4. The molecule has 0 saturated heterocycles. The zero-order chi connectivity index (χ0) is 37.3. The number of benzene rings is 9. The van der Waals surface area contributed by atoms with Gasteiger partial charge in [-0.05, 0) is 92.9 Å². The van der Waals surface area contributed by atoms with Gasteiger partial charge in [-0.3, -0.25) is 0 Å². The Morgan fingerprint density at radius 1 is 0.339 bits per heavy atom. The average molecular weight is 717 g/mol. The van der Waals surface area contributed by atoms with E-state index in [-0.39, 0.29) is 0 Å². The number of oxazole rings is 1. The molecular weight excluding hydrogens is 681 g/mol. The van der Waals surface area contributed by atoms with Crippen molar-refractivity contribution in [3.63, 3.8) is 0 Å². The molecule has 0 saturated carbocycles. The molecule has 264 valence electrons. The van der Waals surface area contributed by atoms with E-state index in [1.165, 1.54) is 22.3 Å². The predicted molar refractivity (Wildman–Crippen MR) is 233 cm³/mol. The molecule has 1 heterocycles.